The van der Waals surface area contributed by atoms with Crippen molar-refractivity contribution < 1.29 is 4.42 Å². The molecule has 0 bridgehead atoms. The van der Waals surface area contributed by atoms with Gasteiger partial charge in [-0.15, -0.1) is 0 Å². The van der Waals surface area contributed by atoms with Gasteiger partial charge in [0.15, 0.2) is 0 Å². The van der Waals surface area contributed by atoms with Gasteiger partial charge >= 0.3 is 0 Å². The molecular formula is C40H37NO. The van der Waals surface area contributed by atoms with E-state index in [4.69, 9.17) is 4.42 Å². The van der Waals surface area contributed by atoms with E-state index < -0.39 is 0 Å². The average molecular weight is 548 g/mol. The Bertz CT molecular complexity index is 2080. The molecule has 5 aromatic rings. The molecule has 0 unspecified atom stereocenters. The van der Waals surface area contributed by atoms with Crippen molar-refractivity contribution in [2.45, 2.75) is 66.2 Å². The van der Waals surface area contributed by atoms with Gasteiger partial charge in [0, 0.05) is 38.7 Å². The van der Waals surface area contributed by atoms with Gasteiger partial charge in [0.1, 0.15) is 11.3 Å². The Kier molecular flexibility index (Phi) is 5.35. The monoisotopic (exact) mass is 547 g/mol. The zero-order valence-electron chi connectivity index (χ0n) is 25.5. The lowest BCUT2D eigenvalue weighted by molar-refractivity contribution is 0.572. The van der Waals surface area contributed by atoms with Gasteiger partial charge in [-0.25, -0.2) is 0 Å². The quantitative estimate of drug-likeness (QED) is 0.223. The number of aryl methyl sites for hydroxylation is 2. The number of hydrogen-bond acceptors (Lipinski definition) is 2. The highest BCUT2D eigenvalue weighted by molar-refractivity contribution is 6.09. The summed E-state index contributed by atoms with van der Waals surface area (Å²) >= 11 is 0. The van der Waals surface area contributed by atoms with Crippen molar-refractivity contribution in [3.05, 3.63) is 118 Å². The lowest BCUT2D eigenvalue weighted by Gasteiger charge is -2.34. The first-order valence-corrected chi connectivity index (χ1v) is 15.4. The molecule has 42 heavy (non-hydrogen) atoms. The minimum atomic E-state index is -0.121. The summed E-state index contributed by atoms with van der Waals surface area (Å²) in [5.41, 5.74) is 16.6. The number of allylic oxidation sites excluding steroid dienone is 6. The Morgan fingerprint density at radius 1 is 0.881 bits per heavy atom. The molecule has 3 aliphatic rings. The number of benzene rings is 4. The number of fused-ring (bicyclic) bond motifs is 5. The molecule has 0 atom stereocenters. The molecule has 2 nitrogen and oxygen atoms in total. The van der Waals surface area contributed by atoms with E-state index in [1.165, 1.54) is 83.3 Å². The van der Waals surface area contributed by atoms with Crippen LogP contribution in [0.25, 0.3) is 44.0 Å². The van der Waals surface area contributed by atoms with Crippen molar-refractivity contribution in [3.8, 4) is 11.1 Å². The van der Waals surface area contributed by atoms with E-state index in [9.17, 15) is 0 Å². The van der Waals surface area contributed by atoms with Gasteiger partial charge in [0.25, 0.3) is 0 Å². The fourth-order valence-electron chi connectivity index (χ4n) is 7.87. The number of furan rings is 1. The first kappa shape index (κ1) is 25.4. The summed E-state index contributed by atoms with van der Waals surface area (Å²) in [6.07, 6.45) is 10.2. The maximum atomic E-state index is 6.47. The van der Waals surface area contributed by atoms with E-state index in [1.54, 1.807) is 0 Å². The Balaban J connectivity index is 1.31. The summed E-state index contributed by atoms with van der Waals surface area (Å²) in [5, 5.41) is 3.90. The number of rotatable bonds is 3. The zero-order valence-corrected chi connectivity index (χ0v) is 25.5. The molecule has 4 aromatic carbocycles. The molecule has 2 heterocycles. The molecule has 2 heteroatoms. The molecule has 0 fully saturated rings. The van der Waals surface area contributed by atoms with Crippen molar-refractivity contribution >= 4 is 44.3 Å². The van der Waals surface area contributed by atoms with Crippen LogP contribution in [-0.2, 0) is 11.8 Å². The summed E-state index contributed by atoms with van der Waals surface area (Å²) < 4.78 is 6.47. The van der Waals surface area contributed by atoms with Gasteiger partial charge in [-0.2, -0.15) is 0 Å². The fraction of sp³-hybridized carbons (Fsp3) is 0.250. The van der Waals surface area contributed by atoms with E-state index in [0.717, 1.165) is 30.6 Å². The summed E-state index contributed by atoms with van der Waals surface area (Å²) in [7, 11) is 0. The van der Waals surface area contributed by atoms with Gasteiger partial charge in [-0.1, -0.05) is 69.3 Å². The first-order valence-electron chi connectivity index (χ1n) is 15.4. The van der Waals surface area contributed by atoms with Crippen LogP contribution in [-0.4, -0.2) is 0 Å². The van der Waals surface area contributed by atoms with Crippen molar-refractivity contribution in [2.75, 3.05) is 4.90 Å². The zero-order chi connectivity index (χ0) is 28.9. The Labute approximate surface area is 248 Å². The lowest BCUT2D eigenvalue weighted by Crippen LogP contribution is -2.21. The maximum Gasteiger partial charge on any atom is 0.142 e. The standard InChI is InChI=1S/C40H37NO/c1-7-30-25(4)42-39-31(30)18-19-34-38(39)32-17-16-29(22-35(32)40(34,5)6)41-24(3)23(2)33-21-28(26-12-9-8-10-13-26)20-27-14-11-15-36(41)37(27)33/h9,11-22H,7-8,10H2,1-6H3. The smallest absolute Gasteiger partial charge is 0.142 e. The maximum absolute atomic E-state index is 6.47. The molecule has 0 saturated heterocycles. The fourth-order valence-corrected chi connectivity index (χ4v) is 7.87. The average Bonchev–Trinajstić information content (AvgIpc) is 3.45. The van der Waals surface area contributed by atoms with E-state index in [-0.39, 0.29) is 5.41 Å². The molecule has 1 aromatic heterocycles. The molecule has 0 saturated carbocycles. The molecule has 8 rings (SSSR count). The van der Waals surface area contributed by atoms with Crippen LogP contribution < -0.4 is 4.90 Å². The molecule has 208 valence electrons. The largest absolute Gasteiger partial charge is 0.460 e. The minimum absolute atomic E-state index is 0.121. The molecule has 1 aliphatic heterocycles. The number of nitrogens with zero attached hydrogens (tertiary/aromatic N) is 1. The van der Waals surface area contributed by atoms with Crippen LogP contribution in [0, 0.1) is 6.92 Å². The first-order chi connectivity index (χ1) is 20.3. The molecule has 0 spiro atoms. The van der Waals surface area contributed by atoms with E-state index in [1.807, 2.05) is 0 Å². The van der Waals surface area contributed by atoms with Crippen LogP contribution >= 0.6 is 0 Å². The predicted octanol–water partition coefficient (Wildman–Crippen LogP) is 11.4. The highest BCUT2D eigenvalue weighted by atomic mass is 16.3. The number of hydrogen-bond donors (Lipinski definition) is 0. The van der Waals surface area contributed by atoms with Crippen LogP contribution in [0.3, 0.4) is 0 Å². The highest BCUT2D eigenvalue weighted by Crippen LogP contribution is 2.54. The van der Waals surface area contributed by atoms with Crippen molar-refractivity contribution in [3.63, 3.8) is 0 Å². The van der Waals surface area contributed by atoms with Crippen LogP contribution in [0.5, 0.6) is 0 Å². The lowest BCUT2D eigenvalue weighted by atomic mass is 9.82. The Morgan fingerprint density at radius 2 is 1.74 bits per heavy atom. The second-order valence-electron chi connectivity index (χ2n) is 12.8. The van der Waals surface area contributed by atoms with Crippen LogP contribution in [0.15, 0.2) is 89.0 Å². The molecule has 0 radical (unpaired) electrons. The normalized spacial score (nSPS) is 16.8. The van der Waals surface area contributed by atoms with Crippen molar-refractivity contribution in [1.82, 2.24) is 0 Å². The van der Waals surface area contributed by atoms with Crippen molar-refractivity contribution in [1.29, 1.82) is 0 Å². The second kappa shape index (κ2) is 8.85. The second-order valence-corrected chi connectivity index (χ2v) is 12.8. The van der Waals surface area contributed by atoms with Crippen LogP contribution in [0.4, 0.5) is 11.4 Å². The minimum Gasteiger partial charge on any atom is -0.460 e. The third-order valence-electron chi connectivity index (χ3n) is 10.2. The topological polar surface area (TPSA) is 16.4 Å². The van der Waals surface area contributed by atoms with Crippen LogP contribution in [0.1, 0.15) is 81.0 Å². The van der Waals surface area contributed by atoms with Gasteiger partial charge in [-0.3, -0.25) is 0 Å². The Morgan fingerprint density at radius 3 is 2.52 bits per heavy atom. The van der Waals surface area contributed by atoms with E-state index >= 15 is 0 Å². The molecule has 0 amide bonds. The molecular weight excluding hydrogens is 510 g/mol. The summed E-state index contributed by atoms with van der Waals surface area (Å²) in [6.45, 7) is 13.6. The molecule has 0 N–H and O–H groups in total. The predicted molar refractivity (Wildman–Crippen MR) is 179 cm³/mol. The van der Waals surface area contributed by atoms with Gasteiger partial charge < -0.3 is 9.32 Å². The van der Waals surface area contributed by atoms with E-state index in [2.05, 4.69) is 125 Å². The summed E-state index contributed by atoms with van der Waals surface area (Å²) in [4.78, 5) is 2.48. The van der Waals surface area contributed by atoms with Crippen molar-refractivity contribution in [2.24, 2.45) is 0 Å². The van der Waals surface area contributed by atoms with Gasteiger partial charge in [0.2, 0.25) is 0 Å². The summed E-state index contributed by atoms with van der Waals surface area (Å²) in [6, 6.07) is 23.3. The Hall–Kier alpha value is -4.30. The van der Waals surface area contributed by atoms with Gasteiger partial charge in [0.05, 0.1) is 5.69 Å². The van der Waals surface area contributed by atoms with E-state index in [0.29, 0.717) is 0 Å². The highest BCUT2D eigenvalue weighted by Gasteiger charge is 2.39. The summed E-state index contributed by atoms with van der Waals surface area (Å²) in [5.74, 6) is 1.04. The van der Waals surface area contributed by atoms with Gasteiger partial charge in [-0.05, 0) is 115 Å². The SMILES string of the molecule is CCc1c(C)oc2c3c(ccc12)C(C)(C)c1cc(N2C(C)=C(C)c4cc(C5=CCCC=C5)cc5cccc2c45)ccc1-3. The number of anilines is 2. The third kappa shape index (κ3) is 3.33. The van der Waals surface area contributed by atoms with Crippen LogP contribution in [0.2, 0.25) is 0 Å². The molecule has 2 aliphatic carbocycles. The third-order valence-corrected chi connectivity index (χ3v) is 10.2.